The highest BCUT2D eigenvalue weighted by molar-refractivity contribution is 6.30. The number of halogens is 2. The van der Waals surface area contributed by atoms with E-state index in [2.05, 4.69) is 15.3 Å². The van der Waals surface area contributed by atoms with E-state index >= 15 is 0 Å². The van der Waals surface area contributed by atoms with Gasteiger partial charge >= 0.3 is 5.97 Å². The molecule has 1 unspecified atom stereocenters. The molecular weight excluding hydrogens is 527 g/mol. The number of likely N-dealkylation sites (N-methyl/N-ethyl adjacent to an activating group) is 1. The molecule has 204 valence electrons. The number of piperazine rings is 1. The first-order valence-electron chi connectivity index (χ1n) is 12.6. The Kier molecular flexibility index (Phi) is 7.92. The molecule has 39 heavy (non-hydrogen) atoms. The van der Waals surface area contributed by atoms with Gasteiger partial charge < -0.3 is 25.0 Å². The fraction of sp³-hybridized carbons (Fsp3) is 0.333. The number of carboxylic acid groups (broad SMARTS) is 1. The molecule has 2 aliphatic heterocycles. The summed E-state index contributed by atoms with van der Waals surface area (Å²) >= 11 is 6.09. The number of carbonyl (C=O) groups is 2. The van der Waals surface area contributed by atoms with Gasteiger partial charge in [0.1, 0.15) is 24.3 Å². The molecule has 2 aliphatic rings. The molecule has 1 saturated heterocycles. The Labute approximate surface area is 230 Å². The number of hydrogen-bond acceptors (Lipinski definition) is 8. The van der Waals surface area contributed by atoms with Crippen LogP contribution in [0.2, 0.25) is 5.02 Å². The lowest BCUT2D eigenvalue weighted by Gasteiger charge is -2.37. The van der Waals surface area contributed by atoms with Gasteiger partial charge in [0.15, 0.2) is 5.75 Å². The second-order valence-electron chi connectivity index (χ2n) is 9.51. The molecule has 1 atom stereocenters. The van der Waals surface area contributed by atoms with Crippen molar-refractivity contribution in [2.24, 2.45) is 0 Å². The van der Waals surface area contributed by atoms with E-state index in [0.29, 0.717) is 60.8 Å². The predicted octanol–water partition coefficient (Wildman–Crippen LogP) is 3.50. The number of ether oxygens (including phenoxy) is 1. The van der Waals surface area contributed by atoms with E-state index in [-0.39, 0.29) is 17.9 Å². The van der Waals surface area contributed by atoms with Crippen molar-refractivity contribution in [2.75, 3.05) is 56.6 Å². The van der Waals surface area contributed by atoms with E-state index in [9.17, 15) is 19.1 Å². The van der Waals surface area contributed by atoms with Crippen LogP contribution in [-0.4, -0.2) is 89.2 Å². The van der Waals surface area contributed by atoms with Crippen molar-refractivity contribution >= 4 is 40.7 Å². The Morgan fingerprint density at radius 2 is 2.03 bits per heavy atom. The molecule has 10 nitrogen and oxygen atoms in total. The lowest BCUT2D eigenvalue weighted by Crippen LogP contribution is -2.55. The Bertz CT molecular complexity index is 1390. The zero-order chi connectivity index (χ0) is 27.5. The Hall–Kier alpha value is -3.80. The Morgan fingerprint density at radius 3 is 2.85 bits per heavy atom. The highest BCUT2D eigenvalue weighted by Gasteiger charge is 2.31. The van der Waals surface area contributed by atoms with Crippen LogP contribution >= 0.6 is 11.6 Å². The highest BCUT2D eigenvalue weighted by Crippen LogP contribution is 2.39. The van der Waals surface area contributed by atoms with Crippen molar-refractivity contribution < 1.29 is 23.8 Å². The van der Waals surface area contributed by atoms with E-state index in [0.717, 1.165) is 12.2 Å². The number of benzene rings is 1. The molecule has 0 bridgehead atoms. The number of nitrogens with zero attached hydrogens (tertiary/aromatic N) is 5. The first kappa shape index (κ1) is 26.8. The number of fused-ring (bicyclic) bond motifs is 1. The van der Waals surface area contributed by atoms with Gasteiger partial charge in [-0.2, -0.15) is 0 Å². The maximum absolute atomic E-state index is 14.5. The highest BCUT2D eigenvalue weighted by atomic mass is 35.5. The standard InChI is InChI=1S/C27H28ClFN6O4/c1-33-8-9-34(23(16-33)27(37)38)7-5-26(36)32-25-13-18(4-6-30-25)35-10-11-39-24-15-31-21(14-22(24)35)19-12-17(28)2-3-20(19)29/h2-4,6,12-15,23H,5,7-11,16H2,1H3,(H,37,38)(H,30,32,36). The average Bonchev–Trinajstić information content (AvgIpc) is 2.93. The molecule has 0 aliphatic carbocycles. The van der Waals surface area contributed by atoms with E-state index in [1.54, 1.807) is 24.5 Å². The van der Waals surface area contributed by atoms with Crippen molar-refractivity contribution in [3.8, 4) is 17.0 Å². The van der Waals surface area contributed by atoms with Crippen molar-refractivity contribution in [2.45, 2.75) is 12.5 Å². The monoisotopic (exact) mass is 554 g/mol. The minimum Gasteiger partial charge on any atom is -0.488 e. The molecular formula is C27H28ClFN6O4. The van der Waals surface area contributed by atoms with Crippen molar-refractivity contribution in [3.63, 3.8) is 0 Å². The van der Waals surface area contributed by atoms with Crippen molar-refractivity contribution in [1.29, 1.82) is 0 Å². The summed E-state index contributed by atoms with van der Waals surface area (Å²) in [4.78, 5) is 38.8. The molecule has 0 radical (unpaired) electrons. The smallest absolute Gasteiger partial charge is 0.322 e. The topological polar surface area (TPSA) is 111 Å². The number of pyridine rings is 2. The van der Waals surface area contributed by atoms with Crippen LogP contribution in [-0.2, 0) is 9.59 Å². The molecule has 1 amide bonds. The minimum absolute atomic E-state index is 0.139. The van der Waals surface area contributed by atoms with Gasteiger partial charge in [0.25, 0.3) is 0 Å². The summed E-state index contributed by atoms with van der Waals surface area (Å²) in [7, 11) is 1.89. The van der Waals surface area contributed by atoms with Crippen LogP contribution in [0.4, 0.5) is 21.6 Å². The third kappa shape index (κ3) is 6.11. The second kappa shape index (κ2) is 11.5. The summed E-state index contributed by atoms with van der Waals surface area (Å²) in [5, 5.41) is 12.8. The Morgan fingerprint density at radius 1 is 1.18 bits per heavy atom. The fourth-order valence-electron chi connectivity index (χ4n) is 4.80. The van der Waals surface area contributed by atoms with Crippen LogP contribution in [0.25, 0.3) is 11.3 Å². The van der Waals surface area contributed by atoms with E-state index in [4.69, 9.17) is 16.3 Å². The van der Waals surface area contributed by atoms with E-state index in [1.807, 2.05) is 27.8 Å². The van der Waals surface area contributed by atoms with Gasteiger partial charge in [-0.3, -0.25) is 19.5 Å². The molecule has 2 N–H and O–H groups in total. The minimum atomic E-state index is -0.890. The van der Waals surface area contributed by atoms with Crippen LogP contribution in [0.15, 0.2) is 48.8 Å². The lowest BCUT2D eigenvalue weighted by atomic mass is 10.1. The number of hydrogen-bond donors (Lipinski definition) is 2. The van der Waals surface area contributed by atoms with Gasteiger partial charge in [0, 0.05) is 61.1 Å². The number of rotatable bonds is 7. The number of amides is 1. The third-order valence-electron chi connectivity index (χ3n) is 6.84. The van der Waals surface area contributed by atoms with Gasteiger partial charge in [-0.1, -0.05) is 11.6 Å². The molecule has 1 aromatic carbocycles. The summed E-state index contributed by atoms with van der Waals surface area (Å²) in [5.74, 6) is -0.661. The summed E-state index contributed by atoms with van der Waals surface area (Å²) in [5.41, 5.74) is 2.15. The number of anilines is 3. The molecule has 0 saturated carbocycles. The predicted molar refractivity (Wildman–Crippen MR) is 145 cm³/mol. The number of carbonyl (C=O) groups excluding carboxylic acids is 1. The third-order valence-corrected chi connectivity index (χ3v) is 7.08. The maximum Gasteiger partial charge on any atom is 0.322 e. The largest absolute Gasteiger partial charge is 0.488 e. The summed E-state index contributed by atoms with van der Waals surface area (Å²) in [6.07, 6.45) is 3.30. The van der Waals surface area contributed by atoms with Crippen LogP contribution in [0, 0.1) is 5.82 Å². The van der Waals surface area contributed by atoms with Gasteiger partial charge in [-0.25, -0.2) is 9.37 Å². The lowest BCUT2D eigenvalue weighted by molar-refractivity contribution is -0.146. The van der Waals surface area contributed by atoms with Crippen molar-refractivity contribution in [3.05, 3.63) is 59.6 Å². The quantitative estimate of drug-likeness (QED) is 0.453. The summed E-state index contributed by atoms with van der Waals surface area (Å²) in [6.45, 7) is 3.02. The zero-order valence-electron chi connectivity index (χ0n) is 21.3. The van der Waals surface area contributed by atoms with Crippen LogP contribution in [0.3, 0.4) is 0 Å². The molecule has 12 heteroatoms. The molecule has 4 heterocycles. The van der Waals surface area contributed by atoms with Crippen LogP contribution in [0.5, 0.6) is 5.75 Å². The normalized spacial score (nSPS) is 17.8. The van der Waals surface area contributed by atoms with E-state index < -0.39 is 17.8 Å². The average molecular weight is 555 g/mol. The fourth-order valence-corrected chi connectivity index (χ4v) is 4.97. The first-order valence-corrected chi connectivity index (χ1v) is 12.9. The molecule has 5 rings (SSSR count). The molecule has 3 aromatic rings. The molecule has 1 fully saturated rings. The van der Waals surface area contributed by atoms with E-state index in [1.165, 1.54) is 18.2 Å². The SMILES string of the molecule is CN1CCN(CCC(=O)Nc2cc(N3CCOc4cnc(-c5cc(Cl)ccc5F)cc43)ccn2)C(C(=O)O)C1. The number of aromatic nitrogens is 2. The molecule has 2 aromatic heterocycles. The van der Waals surface area contributed by atoms with Crippen molar-refractivity contribution in [1.82, 2.24) is 19.8 Å². The van der Waals surface area contributed by atoms with Crippen LogP contribution < -0.4 is 15.0 Å². The number of carboxylic acids is 1. The summed E-state index contributed by atoms with van der Waals surface area (Å²) < 4.78 is 20.3. The molecule has 0 spiro atoms. The number of nitrogens with one attached hydrogen (secondary N) is 1. The first-order chi connectivity index (χ1) is 18.8. The van der Waals surface area contributed by atoms with Crippen LogP contribution in [0.1, 0.15) is 6.42 Å². The van der Waals surface area contributed by atoms with Gasteiger partial charge in [0.05, 0.1) is 24.1 Å². The zero-order valence-corrected chi connectivity index (χ0v) is 22.1. The maximum atomic E-state index is 14.5. The number of aliphatic carboxylic acids is 1. The van der Waals surface area contributed by atoms with Gasteiger partial charge in [0.2, 0.25) is 5.91 Å². The Balaban J connectivity index is 1.30. The summed E-state index contributed by atoms with van der Waals surface area (Å²) in [6, 6.07) is 8.99. The van der Waals surface area contributed by atoms with Gasteiger partial charge in [-0.15, -0.1) is 0 Å². The second-order valence-corrected chi connectivity index (χ2v) is 9.95. The van der Waals surface area contributed by atoms with Gasteiger partial charge in [-0.05, 0) is 37.4 Å².